The van der Waals surface area contributed by atoms with Crippen LogP contribution >= 0.6 is 0 Å². The van der Waals surface area contributed by atoms with Gasteiger partial charge in [-0.1, -0.05) is 6.92 Å². The van der Waals surface area contributed by atoms with Crippen LogP contribution in [0.4, 0.5) is 19.0 Å². The smallest absolute Gasteiger partial charge is 0.254 e. The molecular formula is C16H16F3N3O. The monoisotopic (exact) mass is 323 g/mol. The number of aromatic nitrogens is 1. The van der Waals surface area contributed by atoms with Crippen molar-refractivity contribution in [3.05, 3.63) is 35.6 Å². The van der Waals surface area contributed by atoms with E-state index in [0.29, 0.717) is 10.9 Å². The number of rotatable bonds is 2. The molecule has 1 atom stereocenters. The molecule has 4 nitrogen and oxygen atoms in total. The molecule has 0 bridgehead atoms. The zero-order chi connectivity index (χ0) is 16.8. The van der Waals surface area contributed by atoms with Crippen molar-refractivity contribution in [2.24, 2.45) is 11.7 Å². The number of hydrogen-bond donors (Lipinski definition) is 1. The van der Waals surface area contributed by atoms with Crippen LogP contribution in [0.3, 0.4) is 0 Å². The lowest BCUT2D eigenvalue weighted by molar-refractivity contribution is -0.0652. The first-order valence-corrected chi connectivity index (χ1v) is 7.31. The molecule has 1 aromatic carbocycles. The van der Waals surface area contributed by atoms with Gasteiger partial charge >= 0.3 is 0 Å². The van der Waals surface area contributed by atoms with Gasteiger partial charge in [0.1, 0.15) is 11.6 Å². The second-order valence-corrected chi connectivity index (χ2v) is 5.92. The van der Waals surface area contributed by atoms with E-state index >= 15 is 0 Å². The standard InChI is InChI=1S/C16H16F3N3O/c1-9-8-22(5-4-16(9,18)19)15-12(14(20)23)6-10-2-3-11(17)7-13(10)21-15/h2-3,6-7,9H,4-5,8H2,1H3,(H2,20,23). The number of benzene rings is 1. The van der Waals surface area contributed by atoms with Crippen LogP contribution in [0.2, 0.25) is 0 Å². The number of hydrogen-bond acceptors (Lipinski definition) is 3. The Hall–Kier alpha value is -2.31. The highest BCUT2D eigenvalue weighted by molar-refractivity contribution is 6.01. The van der Waals surface area contributed by atoms with Gasteiger partial charge in [0.25, 0.3) is 11.8 Å². The van der Waals surface area contributed by atoms with E-state index in [1.165, 1.54) is 31.2 Å². The molecule has 122 valence electrons. The van der Waals surface area contributed by atoms with Crippen LogP contribution < -0.4 is 10.6 Å². The van der Waals surface area contributed by atoms with E-state index in [4.69, 9.17) is 5.73 Å². The summed E-state index contributed by atoms with van der Waals surface area (Å²) in [5.74, 6) is -4.53. The van der Waals surface area contributed by atoms with E-state index in [2.05, 4.69) is 4.98 Å². The fourth-order valence-electron chi connectivity index (χ4n) is 2.83. The Morgan fingerprint density at radius 1 is 1.39 bits per heavy atom. The number of nitrogens with two attached hydrogens (primary N) is 1. The van der Waals surface area contributed by atoms with Gasteiger partial charge in [0, 0.05) is 36.9 Å². The minimum atomic E-state index is -2.74. The largest absolute Gasteiger partial charge is 0.365 e. The molecule has 1 amide bonds. The number of fused-ring (bicyclic) bond motifs is 1. The molecule has 0 saturated carbocycles. The van der Waals surface area contributed by atoms with Crippen molar-refractivity contribution in [1.82, 2.24) is 4.98 Å². The Bertz CT molecular complexity index is 778. The molecule has 0 radical (unpaired) electrons. The van der Waals surface area contributed by atoms with Crippen LogP contribution in [-0.2, 0) is 0 Å². The molecule has 0 spiro atoms. The second kappa shape index (κ2) is 5.40. The van der Waals surface area contributed by atoms with Crippen molar-refractivity contribution >= 4 is 22.6 Å². The van der Waals surface area contributed by atoms with Gasteiger partial charge < -0.3 is 10.6 Å². The Morgan fingerprint density at radius 2 is 2.13 bits per heavy atom. The van der Waals surface area contributed by atoms with Gasteiger partial charge in [-0.2, -0.15) is 0 Å². The number of pyridine rings is 1. The van der Waals surface area contributed by atoms with E-state index < -0.39 is 23.6 Å². The lowest BCUT2D eigenvalue weighted by Crippen LogP contribution is -2.46. The maximum absolute atomic E-state index is 13.7. The van der Waals surface area contributed by atoms with Crippen LogP contribution in [-0.4, -0.2) is 29.9 Å². The van der Waals surface area contributed by atoms with E-state index in [1.54, 1.807) is 4.90 Å². The number of primary amides is 1. The van der Waals surface area contributed by atoms with Crippen LogP contribution in [0, 0.1) is 11.7 Å². The molecule has 1 aliphatic rings. The van der Waals surface area contributed by atoms with E-state index in [0.717, 1.165) is 0 Å². The van der Waals surface area contributed by atoms with Crippen molar-refractivity contribution in [3.8, 4) is 0 Å². The van der Waals surface area contributed by atoms with Crippen LogP contribution in [0.5, 0.6) is 0 Å². The number of alkyl halides is 2. The number of halogens is 3. The normalized spacial score (nSPS) is 20.7. The predicted octanol–water partition coefficient (Wildman–Crippen LogP) is 2.95. The number of anilines is 1. The second-order valence-electron chi connectivity index (χ2n) is 5.92. The number of piperidine rings is 1. The van der Waals surface area contributed by atoms with Crippen molar-refractivity contribution in [1.29, 1.82) is 0 Å². The molecular weight excluding hydrogens is 307 g/mol. The van der Waals surface area contributed by atoms with Gasteiger partial charge in [0.2, 0.25) is 0 Å². The molecule has 1 aliphatic heterocycles. The van der Waals surface area contributed by atoms with Crippen molar-refractivity contribution in [3.63, 3.8) is 0 Å². The van der Waals surface area contributed by atoms with Gasteiger partial charge in [-0.3, -0.25) is 4.79 Å². The summed E-state index contributed by atoms with van der Waals surface area (Å²) in [6.45, 7) is 1.57. The summed E-state index contributed by atoms with van der Waals surface area (Å²) in [7, 11) is 0. The summed E-state index contributed by atoms with van der Waals surface area (Å²) in [6.07, 6.45) is -0.324. The van der Waals surface area contributed by atoms with Gasteiger partial charge in [-0.25, -0.2) is 18.2 Å². The zero-order valence-corrected chi connectivity index (χ0v) is 12.5. The van der Waals surface area contributed by atoms with Crippen molar-refractivity contribution in [2.75, 3.05) is 18.0 Å². The summed E-state index contributed by atoms with van der Waals surface area (Å²) >= 11 is 0. The molecule has 1 aromatic heterocycles. The summed E-state index contributed by atoms with van der Waals surface area (Å²) in [5, 5.41) is 0.569. The predicted molar refractivity (Wildman–Crippen MR) is 81.2 cm³/mol. The van der Waals surface area contributed by atoms with Crippen LogP contribution in [0.1, 0.15) is 23.7 Å². The molecule has 2 aromatic rings. The topological polar surface area (TPSA) is 59.2 Å². The Kier molecular flexibility index (Phi) is 3.66. The molecule has 1 unspecified atom stereocenters. The molecule has 2 N–H and O–H groups in total. The Morgan fingerprint density at radius 3 is 2.78 bits per heavy atom. The molecule has 23 heavy (non-hydrogen) atoms. The SMILES string of the molecule is CC1CN(c2nc3cc(F)ccc3cc2C(N)=O)CCC1(F)F. The minimum Gasteiger partial charge on any atom is -0.365 e. The quantitative estimate of drug-likeness (QED) is 0.924. The van der Waals surface area contributed by atoms with Gasteiger partial charge in [0.15, 0.2) is 0 Å². The highest BCUT2D eigenvalue weighted by Crippen LogP contribution is 2.36. The van der Waals surface area contributed by atoms with Gasteiger partial charge in [-0.15, -0.1) is 0 Å². The zero-order valence-electron chi connectivity index (χ0n) is 12.5. The third kappa shape index (κ3) is 2.83. The van der Waals surface area contributed by atoms with Crippen LogP contribution in [0.15, 0.2) is 24.3 Å². The average Bonchev–Trinajstić information content (AvgIpc) is 2.48. The highest BCUT2D eigenvalue weighted by atomic mass is 19.3. The first-order valence-electron chi connectivity index (χ1n) is 7.31. The Balaban J connectivity index is 2.08. The molecule has 1 fully saturated rings. The summed E-state index contributed by atoms with van der Waals surface area (Å²) in [5.41, 5.74) is 5.91. The highest BCUT2D eigenvalue weighted by Gasteiger charge is 2.42. The maximum atomic E-state index is 13.7. The number of amides is 1. The van der Waals surface area contributed by atoms with E-state index in [1.807, 2.05) is 0 Å². The molecule has 1 saturated heterocycles. The number of nitrogens with zero attached hydrogens (tertiary/aromatic N) is 2. The maximum Gasteiger partial charge on any atom is 0.254 e. The molecule has 3 rings (SSSR count). The first kappa shape index (κ1) is 15.6. The van der Waals surface area contributed by atoms with Crippen molar-refractivity contribution in [2.45, 2.75) is 19.3 Å². The number of carbonyl (C=O) groups excluding carboxylic acids is 1. The first-order chi connectivity index (χ1) is 10.8. The third-order valence-electron chi connectivity index (χ3n) is 4.25. The van der Waals surface area contributed by atoms with Crippen LogP contribution in [0.25, 0.3) is 10.9 Å². The fourth-order valence-corrected chi connectivity index (χ4v) is 2.83. The van der Waals surface area contributed by atoms with Crippen molar-refractivity contribution < 1.29 is 18.0 Å². The minimum absolute atomic E-state index is 0.0566. The lowest BCUT2D eigenvalue weighted by Gasteiger charge is -2.37. The van der Waals surface area contributed by atoms with Gasteiger partial charge in [-0.05, 0) is 18.2 Å². The molecule has 2 heterocycles. The molecule has 7 heteroatoms. The lowest BCUT2D eigenvalue weighted by atomic mass is 9.95. The van der Waals surface area contributed by atoms with E-state index in [-0.39, 0.29) is 30.9 Å². The summed E-state index contributed by atoms with van der Waals surface area (Å²) < 4.78 is 40.7. The van der Waals surface area contributed by atoms with E-state index in [9.17, 15) is 18.0 Å². The fraction of sp³-hybridized carbons (Fsp3) is 0.375. The van der Waals surface area contributed by atoms with Gasteiger partial charge in [0.05, 0.1) is 11.1 Å². The molecule has 0 aliphatic carbocycles. The summed E-state index contributed by atoms with van der Waals surface area (Å²) in [6, 6.07) is 5.53. The number of carbonyl (C=O) groups is 1. The third-order valence-corrected chi connectivity index (χ3v) is 4.25. The summed E-state index contributed by atoms with van der Waals surface area (Å²) in [4.78, 5) is 17.6. The Labute approximate surface area is 131 Å². The average molecular weight is 323 g/mol.